The van der Waals surface area contributed by atoms with Crippen LogP contribution in [0, 0.1) is 10.1 Å². The summed E-state index contributed by atoms with van der Waals surface area (Å²) >= 11 is 0. The molecule has 0 saturated heterocycles. The minimum absolute atomic E-state index is 0.0374. The Balaban J connectivity index is 2.00. The van der Waals surface area contributed by atoms with Gasteiger partial charge in [-0.05, 0) is 24.3 Å². The highest BCUT2D eigenvalue weighted by Gasteiger charge is 2.18. The molecule has 0 atom stereocenters. The molecule has 0 aliphatic heterocycles. The van der Waals surface area contributed by atoms with Gasteiger partial charge in [0.1, 0.15) is 5.69 Å². The fourth-order valence-electron chi connectivity index (χ4n) is 2.35. The second-order valence-corrected chi connectivity index (χ2v) is 5.43. The molecule has 2 N–H and O–H groups in total. The van der Waals surface area contributed by atoms with E-state index >= 15 is 0 Å². The normalized spacial score (nSPS) is 9.96. The lowest BCUT2D eigenvalue weighted by atomic mass is 10.1. The number of amides is 1. The second-order valence-electron chi connectivity index (χ2n) is 5.43. The summed E-state index contributed by atoms with van der Waals surface area (Å²) in [6, 6.07) is 8.61. The van der Waals surface area contributed by atoms with Crippen molar-refractivity contribution in [3.05, 3.63) is 52.1 Å². The van der Waals surface area contributed by atoms with Gasteiger partial charge in [0.2, 0.25) is 0 Å². The number of hydrogen-bond acceptors (Lipinski definition) is 8. The summed E-state index contributed by atoms with van der Waals surface area (Å²) in [4.78, 5) is 34.5. The number of hydrogen-bond donors (Lipinski definition) is 2. The minimum Gasteiger partial charge on any atom is -0.493 e. The van der Waals surface area contributed by atoms with Crippen LogP contribution >= 0.6 is 0 Å². The number of carbonyl (C=O) groups excluding carboxylic acids is 2. The van der Waals surface area contributed by atoms with Gasteiger partial charge in [0.15, 0.2) is 18.1 Å². The molecule has 2 aromatic rings. The Bertz CT molecular complexity index is 899. The van der Waals surface area contributed by atoms with Gasteiger partial charge in [-0.15, -0.1) is 0 Å². The minimum atomic E-state index is -0.854. The standard InChI is InChI=1S/C18H19N3O7/c1-19-13-6-4-11(8-14(13)21(24)25)18(23)28-10-17(22)20-12-5-7-15(26-2)16(9-12)27-3/h4-9,19H,10H2,1-3H3,(H,20,22). The number of esters is 1. The summed E-state index contributed by atoms with van der Waals surface area (Å²) in [7, 11) is 4.48. The number of benzene rings is 2. The molecule has 0 heterocycles. The quantitative estimate of drug-likeness (QED) is 0.400. The van der Waals surface area contributed by atoms with Gasteiger partial charge in [0.05, 0.1) is 24.7 Å². The van der Waals surface area contributed by atoms with Crippen molar-refractivity contribution in [2.75, 3.05) is 38.5 Å². The highest BCUT2D eigenvalue weighted by atomic mass is 16.6. The van der Waals surface area contributed by atoms with Crippen molar-refractivity contribution in [1.82, 2.24) is 0 Å². The molecule has 0 bridgehead atoms. The maximum absolute atomic E-state index is 12.1. The molecule has 148 valence electrons. The van der Waals surface area contributed by atoms with Crippen LogP contribution in [0.1, 0.15) is 10.4 Å². The van der Waals surface area contributed by atoms with Crippen molar-refractivity contribution in [2.45, 2.75) is 0 Å². The molecule has 0 spiro atoms. The maximum Gasteiger partial charge on any atom is 0.338 e. The van der Waals surface area contributed by atoms with Gasteiger partial charge >= 0.3 is 5.97 Å². The molecule has 0 saturated carbocycles. The van der Waals surface area contributed by atoms with Gasteiger partial charge in [-0.3, -0.25) is 14.9 Å². The van der Waals surface area contributed by atoms with E-state index in [1.807, 2.05) is 0 Å². The molecule has 1 amide bonds. The third kappa shape index (κ3) is 4.87. The van der Waals surface area contributed by atoms with E-state index in [0.717, 1.165) is 6.07 Å². The predicted octanol–water partition coefficient (Wildman–Crippen LogP) is 2.45. The fraction of sp³-hybridized carbons (Fsp3) is 0.222. The lowest BCUT2D eigenvalue weighted by Crippen LogP contribution is -2.21. The van der Waals surface area contributed by atoms with Crippen LogP contribution in [0.5, 0.6) is 11.5 Å². The van der Waals surface area contributed by atoms with Crippen molar-refractivity contribution >= 4 is 28.9 Å². The van der Waals surface area contributed by atoms with Gasteiger partial charge < -0.3 is 24.8 Å². The van der Waals surface area contributed by atoms with E-state index in [-0.39, 0.29) is 16.9 Å². The number of nitro benzene ring substituents is 1. The highest BCUT2D eigenvalue weighted by molar-refractivity contribution is 5.96. The average Bonchev–Trinajstić information content (AvgIpc) is 2.71. The summed E-state index contributed by atoms with van der Waals surface area (Å²) in [6.07, 6.45) is 0. The maximum atomic E-state index is 12.1. The Morgan fingerprint density at radius 3 is 2.39 bits per heavy atom. The first kappa shape index (κ1) is 20.5. The molecule has 2 aromatic carbocycles. The number of nitrogens with one attached hydrogen (secondary N) is 2. The Morgan fingerprint density at radius 1 is 1.07 bits per heavy atom. The topological polar surface area (TPSA) is 129 Å². The van der Waals surface area contributed by atoms with Crippen molar-refractivity contribution in [1.29, 1.82) is 0 Å². The first-order valence-corrected chi connectivity index (χ1v) is 8.04. The highest BCUT2D eigenvalue weighted by Crippen LogP contribution is 2.29. The van der Waals surface area contributed by atoms with E-state index in [1.165, 1.54) is 33.4 Å². The Kier molecular flexibility index (Phi) is 6.74. The van der Waals surface area contributed by atoms with Crippen LogP contribution in [0.3, 0.4) is 0 Å². The Hall–Kier alpha value is -3.82. The molecule has 28 heavy (non-hydrogen) atoms. The van der Waals surface area contributed by atoms with Crippen LogP contribution in [0.15, 0.2) is 36.4 Å². The molecular formula is C18H19N3O7. The second kappa shape index (κ2) is 9.21. The summed E-state index contributed by atoms with van der Waals surface area (Å²) in [6.45, 7) is -0.561. The largest absolute Gasteiger partial charge is 0.493 e. The molecule has 2 rings (SSSR count). The first-order chi connectivity index (χ1) is 13.4. The Labute approximate surface area is 160 Å². The molecule has 0 unspecified atom stereocenters. The van der Waals surface area contributed by atoms with Crippen LogP contribution in [-0.4, -0.2) is 44.7 Å². The fourth-order valence-corrected chi connectivity index (χ4v) is 2.35. The van der Waals surface area contributed by atoms with Gasteiger partial charge in [-0.2, -0.15) is 0 Å². The lowest BCUT2D eigenvalue weighted by molar-refractivity contribution is -0.384. The van der Waals surface area contributed by atoms with E-state index < -0.39 is 23.4 Å². The van der Waals surface area contributed by atoms with Gasteiger partial charge in [-0.25, -0.2) is 4.79 Å². The van der Waals surface area contributed by atoms with Crippen molar-refractivity contribution < 1.29 is 28.7 Å². The van der Waals surface area contributed by atoms with Crippen LogP contribution in [-0.2, 0) is 9.53 Å². The first-order valence-electron chi connectivity index (χ1n) is 8.04. The molecule has 0 radical (unpaired) electrons. The van der Waals surface area contributed by atoms with Crippen LogP contribution in [0.25, 0.3) is 0 Å². The Morgan fingerprint density at radius 2 is 1.79 bits per heavy atom. The van der Waals surface area contributed by atoms with E-state index in [1.54, 1.807) is 18.2 Å². The third-order valence-electron chi connectivity index (χ3n) is 3.70. The summed E-state index contributed by atoms with van der Waals surface area (Å²) in [5.74, 6) is -0.511. The molecule has 10 nitrogen and oxygen atoms in total. The van der Waals surface area contributed by atoms with E-state index in [9.17, 15) is 19.7 Å². The SMILES string of the molecule is CNc1ccc(C(=O)OCC(=O)Nc2ccc(OC)c(OC)c2)cc1[N+](=O)[O-]. The number of ether oxygens (including phenoxy) is 3. The van der Waals surface area contributed by atoms with Crippen LogP contribution < -0.4 is 20.1 Å². The average molecular weight is 389 g/mol. The predicted molar refractivity (Wildman–Crippen MR) is 101 cm³/mol. The molecule has 0 aliphatic carbocycles. The van der Waals surface area contributed by atoms with E-state index in [0.29, 0.717) is 17.2 Å². The third-order valence-corrected chi connectivity index (χ3v) is 3.70. The van der Waals surface area contributed by atoms with Crippen molar-refractivity contribution in [3.8, 4) is 11.5 Å². The van der Waals surface area contributed by atoms with Crippen molar-refractivity contribution in [3.63, 3.8) is 0 Å². The number of nitrogens with zero attached hydrogens (tertiary/aromatic N) is 1. The van der Waals surface area contributed by atoms with Crippen LogP contribution in [0.4, 0.5) is 17.1 Å². The number of nitro groups is 1. The number of carbonyl (C=O) groups is 2. The number of anilines is 2. The number of rotatable bonds is 8. The zero-order chi connectivity index (χ0) is 20.7. The number of methoxy groups -OCH3 is 2. The summed E-state index contributed by atoms with van der Waals surface area (Å²) in [5.41, 5.74) is 0.372. The van der Waals surface area contributed by atoms with Gasteiger partial charge in [-0.1, -0.05) is 0 Å². The zero-order valence-electron chi connectivity index (χ0n) is 15.5. The van der Waals surface area contributed by atoms with E-state index in [2.05, 4.69) is 10.6 Å². The molecule has 0 aromatic heterocycles. The summed E-state index contributed by atoms with van der Waals surface area (Å²) in [5, 5.41) is 16.3. The monoisotopic (exact) mass is 389 g/mol. The summed E-state index contributed by atoms with van der Waals surface area (Å²) < 4.78 is 15.2. The molecule has 0 fully saturated rings. The molecular weight excluding hydrogens is 370 g/mol. The van der Waals surface area contributed by atoms with Crippen LogP contribution in [0.2, 0.25) is 0 Å². The van der Waals surface area contributed by atoms with E-state index in [4.69, 9.17) is 14.2 Å². The molecule has 0 aliphatic rings. The van der Waals surface area contributed by atoms with Crippen molar-refractivity contribution in [2.24, 2.45) is 0 Å². The van der Waals surface area contributed by atoms with Gasteiger partial charge in [0.25, 0.3) is 11.6 Å². The smallest absolute Gasteiger partial charge is 0.338 e. The molecule has 10 heteroatoms. The zero-order valence-corrected chi connectivity index (χ0v) is 15.5. The van der Waals surface area contributed by atoms with Gasteiger partial charge in [0, 0.05) is 24.9 Å². The lowest BCUT2D eigenvalue weighted by Gasteiger charge is -2.11.